The lowest BCUT2D eigenvalue weighted by molar-refractivity contribution is 0.602. The number of rotatable bonds is 2. The summed E-state index contributed by atoms with van der Waals surface area (Å²) in [6, 6.07) is 7.04. The van der Waals surface area contributed by atoms with Crippen molar-refractivity contribution < 1.29 is 8.42 Å². The average Bonchev–Trinajstić information content (AvgIpc) is 2.01. The predicted molar refractivity (Wildman–Crippen MR) is 66.6 cm³/mol. The van der Waals surface area contributed by atoms with Gasteiger partial charge in [-0.05, 0) is 31.5 Å². The molecule has 0 radical (unpaired) electrons. The molecule has 14 heavy (non-hydrogen) atoms. The Bertz CT molecular complexity index is 412. The van der Waals surface area contributed by atoms with Gasteiger partial charge in [0.2, 0.25) is 0 Å². The fourth-order valence-electron chi connectivity index (χ4n) is 1.10. The molecule has 0 unspecified atom stereocenters. The molecule has 0 aliphatic heterocycles. The average molecular weight is 324 g/mol. The lowest BCUT2D eigenvalue weighted by Crippen LogP contribution is -2.06. The number of halogens is 1. The summed E-state index contributed by atoms with van der Waals surface area (Å²) >= 11 is 2.33. The highest BCUT2D eigenvalue weighted by molar-refractivity contribution is 14.1. The Morgan fingerprint density at radius 3 is 1.86 bits per heavy atom. The summed E-state index contributed by atoms with van der Waals surface area (Å²) in [5.41, 5.74) is 1.13. The third-order valence-corrected chi connectivity index (χ3v) is 3.72. The maximum absolute atomic E-state index is 11.2. The Labute approximate surface area is 98.8 Å². The van der Waals surface area contributed by atoms with Crippen molar-refractivity contribution in [3.8, 4) is 0 Å². The van der Waals surface area contributed by atoms with Crippen molar-refractivity contribution >= 4 is 32.4 Å². The molecule has 0 heterocycles. The largest absolute Gasteiger partial charge is 0.224 e. The van der Waals surface area contributed by atoms with Crippen LogP contribution in [-0.4, -0.2) is 14.7 Å². The first-order chi connectivity index (χ1) is 6.21. The number of alkyl halides is 1. The van der Waals surface area contributed by atoms with E-state index >= 15 is 0 Å². The number of hydrogen-bond acceptors (Lipinski definition) is 2. The van der Waals surface area contributed by atoms with Crippen molar-refractivity contribution in [3.05, 3.63) is 29.8 Å². The van der Waals surface area contributed by atoms with Gasteiger partial charge in [-0.2, -0.15) is 0 Å². The van der Waals surface area contributed by atoms with E-state index in [1.165, 1.54) is 6.26 Å². The van der Waals surface area contributed by atoms with E-state index in [4.69, 9.17) is 0 Å². The van der Waals surface area contributed by atoms with Gasteiger partial charge in [0.15, 0.2) is 9.84 Å². The van der Waals surface area contributed by atoms with Crippen LogP contribution in [0.2, 0.25) is 0 Å². The van der Waals surface area contributed by atoms with E-state index in [0.717, 1.165) is 5.56 Å². The van der Waals surface area contributed by atoms with Crippen LogP contribution in [-0.2, 0) is 13.3 Å². The van der Waals surface area contributed by atoms with E-state index in [9.17, 15) is 8.42 Å². The van der Waals surface area contributed by atoms with Crippen LogP contribution in [0, 0.1) is 0 Å². The zero-order chi connectivity index (χ0) is 11.0. The highest BCUT2D eigenvalue weighted by Gasteiger charge is 2.16. The molecule has 0 N–H and O–H groups in total. The van der Waals surface area contributed by atoms with Crippen molar-refractivity contribution in [1.29, 1.82) is 0 Å². The Balaban J connectivity index is 3.14. The van der Waals surface area contributed by atoms with Gasteiger partial charge in [0, 0.05) is 9.68 Å². The minimum Gasteiger partial charge on any atom is -0.224 e. The summed E-state index contributed by atoms with van der Waals surface area (Å²) < 4.78 is 22.4. The van der Waals surface area contributed by atoms with Crippen LogP contribution < -0.4 is 0 Å². The molecule has 0 atom stereocenters. The van der Waals surface area contributed by atoms with Gasteiger partial charge in [-0.15, -0.1) is 0 Å². The molecule has 0 aromatic heterocycles. The quantitative estimate of drug-likeness (QED) is 0.619. The van der Waals surface area contributed by atoms with Gasteiger partial charge in [-0.25, -0.2) is 8.42 Å². The SMILES string of the molecule is CC(C)(I)c1ccc(S(C)(=O)=O)cc1. The van der Waals surface area contributed by atoms with Crippen molar-refractivity contribution in [2.75, 3.05) is 6.26 Å². The highest BCUT2D eigenvalue weighted by atomic mass is 127. The van der Waals surface area contributed by atoms with E-state index in [-0.39, 0.29) is 3.42 Å². The minimum absolute atomic E-state index is 0.0355. The first-order valence-electron chi connectivity index (χ1n) is 4.21. The zero-order valence-electron chi connectivity index (χ0n) is 8.41. The van der Waals surface area contributed by atoms with Crippen LogP contribution >= 0.6 is 22.6 Å². The van der Waals surface area contributed by atoms with Crippen LogP contribution in [0.25, 0.3) is 0 Å². The van der Waals surface area contributed by atoms with Crippen LogP contribution in [0.15, 0.2) is 29.2 Å². The van der Waals surface area contributed by atoms with Crippen molar-refractivity contribution in [3.63, 3.8) is 0 Å². The van der Waals surface area contributed by atoms with Gasteiger partial charge in [0.1, 0.15) is 0 Å². The zero-order valence-corrected chi connectivity index (χ0v) is 11.4. The second-order valence-electron chi connectivity index (χ2n) is 3.77. The summed E-state index contributed by atoms with van der Waals surface area (Å²) in [5.74, 6) is 0. The fourth-order valence-corrected chi connectivity index (χ4v) is 2.09. The molecular formula is C10H13IO2S. The van der Waals surface area contributed by atoms with Crippen LogP contribution in [0.3, 0.4) is 0 Å². The first-order valence-corrected chi connectivity index (χ1v) is 7.18. The summed E-state index contributed by atoms with van der Waals surface area (Å²) in [7, 11) is -3.07. The maximum Gasteiger partial charge on any atom is 0.175 e. The lowest BCUT2D eigenvalue weighted by atomic mass is 10.0. The molecule has 1 aromatic rings. The normalized spacial score (nSPS) is 12.9. The first kappa shape index (κ1) is 12.0. The molecule has 78 valence electrons. The number of hydrogen-bond donors (Lipinski definition) is 0. The molecular weight excluding hydrogens is 311 g/mol. The van der Waals surface area contributed by atoms with Gasteiger partial charge in [-0.1, -0.05) is 34.7 Å². The highest BCUT2D eigenvalue weighted by Crippen LogP contribution is 2.30. The van der Waals surface area contributed by atoms with Crippen molar-refractivity contribution in [2.24, 2.45) is 0 Å². The molecule has 1 rings (SSSR count). The molecule has 0 aliphatic rings. The number of sulfone groups is 1. The van der Waals surface area contributed by atoms with E-state index in [1.54, 1.807) is 12.1 Å². The molecule has 1 aromatic carbocycles. The molecule has 0 aliphatic carbocycles. The van der Waals surface area contributed by atoms with Gasteiger partial charge >= 0.3 is 0 Å². The monoisotopic (exact) mass is 324 g/mol. The Morgan fingerprint density at radius 1 is 1.14 bits per heavy atom. The third kappa shape index (κ3) is 2.95. The van der Waals surface area contributed by atoms with Gasteiger partial charge in [0.05, 0.1) is 4.90 Å². The standard InChI is InChI=1S/C10H13IO2S/c1-10(2,11)8-4-6-9(7-5-8)14(3,12)13/h4-7H,1-3H3. The van der Waals surface area contributed by atoms with Crippen LogP contribution in [0.4, 0.5) is 0 Å². The fraction of sp³-hybridized carbons (Fsp3) is 0.400. The van der Waals surface area contributed by atoms with E-state index < -0.39 is 9.84 Å². The Morgan fingerprint density at radius 2 is 1.57 bits per heavy atom. The molecule has 0 spiro atoms. The van der Waals surface area contributed by atoms with Crippen molar-refractivity contribution in [2.45, 2.75) is 22.2 Å². The van der Waals surface area contributed by atoms with Crippen molar-refractivity contribution in [1.82, 2.24) is 0 Å². The molecule has 2 nitrogen and oxygen atoms in total. The number of benzene rings is 1. The van der Waals surface area contributed by atoms with Gasteiger partial charge < -0.3 is 0 Å². The minimum atomic E-state index is -3.07. The molecule has 4 heteroatoms. The van der Waals surface area contributed by atoms with Gasteiger partial charge in [0.25, 0.3) is 0 Å². The summed E-state index contributed by atoms with van der Waals surface area (Å²) in [6.07, 6.45) is 1.22. The summed E-state index contributed by atoms with van der Waals surface area (Å²) in [4.78, 5) is 0.377. The molecule has 0 fully saturated rings. The smallest absolute Gasteiger partial charge is 0.175 e. The Kier molecular flexibility index (Phi) is 3.26. The molecule has 0 amide bonds. The molecule has 0 bridgehead atoms. The summed E-state index contributed by atoms with van der Waals surface area (Å²) in [6.45, 7) is 4.17. The predicted octanol–water partition coefficient (Wildman–Crippen LogP) is 2.76. The van der Waals surface area contributed by atoms with Crippen LogP contribution in [0.1, 0.15) is 19.4 Å². The van der Waals surface area contributed by atoms with E-state index in [2.05, 4.69) is 36.4 Å². The maximum atomic E-state index is 11.2. The van der Waals surface area contributed by atoms with Crippen LogP contribution in [0.5, 0.6) is 0 Å². The lowest BCUT2D eigenvalue weighted by Gasteiger charge is -2.16. The van der Waals surface area contributed by atoms with E-state index in [1.807, 2.05) is 12.1 Å². The topological polar surface area (TPSA) is 34.1 Å². The third-order valence-electron chi connectivity index (χ3n) is 1.97. The summed E-state index contributed by atoms with van der Waals surface area (Å²) in [5, 5.41) is 0. The molecule has 0 saturated carbocycles. The second-order valence-corrected chi connectivity index (χ2v) is 8.48. The Hall–Kier alpha value is -0.100. The van der Waals surface area contributed by atoms with E-state index in [0.29, 0.717) is 4.90 Å². The molecule has 0 saturated heterocycles. The second kappa shape index (κ2) is 3.81. The van der Waals surface area contributed by atoms with Gasteiger partial charge in [-0.3, -0.25) is 0 Å².